The van der Waals surface area contributed by atoms with Crippen molar-refractivity contribution in [1.82, 2.24) is 14.0 Å². The van der Waals surface area contributed by atoms with Gasteiger partial charge in [0.2, 0.25) is 0 Å². The molecule has 0 bridgehead atoms. The number of aromatic nitrogens is 2. The molecule has 0 atom stereocenters. The third-order valence-corrected chi connectivity index (χ3v) is 3.14. The first-order chi connectivity index (χ1) is 8.63. The van der Waals surface area contributed by atoms with Crippen LogP contribution in [0.25, 0.3) is 0 Å². The van der Waals surface area contributed by atoms with Crippen LogP contribution in [0.4, 0.5) is 0 Å². The van der Waals surface area contributed by atoms with Crippen LogP contribution >= 0.6 is 0 Å². The number of aryl methyl sites for hydroxylation is 1. The number of nitrogens with zero attached hydrogens (tertiary/aromatic N) is 3. The number of rotatable bonds is 7. The Morgan fingerprint density at radius 2 is 1.78 bits per heavy atom. The lowest BCUT2D eigenvalue weighted by molar-refractivity contribution is 0.285. The van der Waals surface area contributed by atoms with Crippen LogP contribution in [-0.2, 0) is 13.1 Å². The van der Waals surface area contributed by atoms with Crippen LogP contribution in [0.3, 0.4) is 0 Å². The van der Waals surface area contributed by atoms with E-state index >= 15 is 0 Å². The zero-order valence-electron chi connectivity index (χ0n) is 11.6. The van der Waals surface area contributed by atoms with E-state index in [1.807, 2.05) is 6.92 Å². The van der Waals surface area contributed by atoms with Crippen molar-refractivity contribution in [3.8, 4) is 0 Å². The number of hydrogen-bond acceptors (Lipinski definition) is 3. The van der Waals surface area contributed by atoms with Gasteiger partial charge in [-0.15, -0.1) is 0 Å². The normalized spacial score (nSPS) is 11.1. The van der Waals surface area contributed by atoms with Gasteiger partial charge in [-0.25, -0.2) is 4.79 Å². The van der Waals surface area contributed by atoms with Crippen LogP contribution in [0, 0.1) is 0 Å². The van der Waals surface area contributed by atoms with E-state index in [0.29, 0.717) is 13.1 Å². The van der Waals surface area contributed by atoms with E-state index in [-0.39, 0.29) is 11.2 Å². The summed E-state index contributed by atoms with van der Waals surface area (Å²) in [4.78, 5) is 26.0. The first kappa shape index (κ1) is 14.7. The topological polar surface area (TPSA) is 47.2 Å². The van der Waals surface area contributed by atoms with Gasteiger partial charge in [-0.2, -0.15) is 0 Å². The highest BCUT2D eigenvalue weighted by Crippen LogP contribution is 1.88. The molecule has 1 aromatic heterocycles. The largest absolute Gasteiger partial charge is 0.331 e. The number of hydrogen-bond donors (Lipinski definition) is 0. The van der Waals surface area contributed by atoms with Crippen molar-refractivity contribution in [2.75, 3.05) is 19.6 Å². The maximum Gasteiger partial charge on any atom is 0.331 e. The van der Waals surface area contributed by atoms with Gasteiger partial charge in [0.1, 0.15) is 0 Å². The molecule has 0 saturated carbocycles. The fraction of sp³-hybridized carbons (Fsp3) is 0.692. The van der Waals surface area contributed by atoms with Crippen LogP contribution < -0.4 is 11.2 Å². The minimum Gasteiger partial charge on any atom is -0.302 e. The van der Waals surface area contributed by atoms with Crippen LogP contribution in [0.2, 0.25) is 0 Å². The Labute approximate surface area is 108 Å². The van der Waals surface area contributed by atoms with Gasteiger partial charge >= 0.3 is 5.69 Å². The molecule has 0 aliphatic carbocycles. The molecule has 0 aliphatic heterocycles. The number of likely N-dealkylation sites (N-methyl/N-ethyl adjacent to an activating group) is 1. The Morgan fingerprint density at radius 3 is 2.33 bits per heavy atom. The minimum atomic E-state index is -0.209. The molecular weight excluding hydrogens is 230 g/mol. The van der Waals surface area contributed by atoms with E-state index in [2.05, 4.69) is 18.7 Å². The summed E-state index contributed by atoms with van der Waals surface area (Å²) >= 11 is 0. The first-order valence-electron chi connectivity index (χ1n) is 6.66. The van der Waals surface area contributed by atoms with Crippen LogP contribution in [0.15, 0.2) is 21.9 Å². The highest BCUT2D eigenvalue weighted by Gasteiger charge is 2.06. The van der Waals surface area contributed by atoms with Crippen LogP contribution in [0.5, 0.6) is 0 Å². The van der Waals surface area contributed by atoms with Crippen molar-refractivity contribution in [1.29, 1.82) is 0 Å². The average molecular weight is 253 g/mol. The van der Waals surface area contributed by atoms with Gasteiger partial charge in [-0.3, -0.25) is 9.36 Å². The molecular formula is C13H23N3O2. The molecule has 5 nitrogen and oxygen atoms in total. The van der Waals surface area contributed by atoms with Crippen molar-refractivity contribution in [2.24, 2.45) is 0 Å². The van der Waals surface area contributed by atoms with Gasteiger partial charge in [-0.1, -0.05) is 20.8 Å². The molecule has 0 spiro atoms. The molecule has 0 unspecified atom stereocenters. The van der Waals surface area contributed by atoms with E-state index in [1.54, 1.807) is 10.8 Å². The smallest absolute Gasteiger partial charge is 0.302 e. The molecule has 0 aliphatic rings. The summed E-state index contributed by atoms with van der Waals surface area (Å²) in [6.07, 6.45) is 2.47. The van der Waals surface area contributed by atoms with Gasteiger partial charge in [0.05, 0.1) is 0 Å². The van der Waals surface area contributed by atoms with Gasteiger partial charge in [-0.05, 0) is 19.5 Å². The Bertz CT molecular complexity index is 472. The molecule has 1 aromatic rings. The maximum absolute atomic E-state index is 12.1. The van der Waals surface area contributed by atoms with Crippen molar-refractivity contribution in [3.05, 3.63) is 33.1 Å². The summed E-state index contributed by atoms with van der Waals surface area (Å²) in [5, 5.41) is 0. The highest BCUT2D eigenvalue weighted by atomic mass is 16.2. The molecule has 0 amide bonds. The highest BCUT2D eigenvalue weighted by molar-refractivity contribution is 4.86. The summed E-state index contributed by atoms with van der Waals surface area (Å²) in [5.74, 6) is 0. The molecule has 1 heterocycles. The van der Waals surface area contributed by atoms with Crippen molar-refractivity contribution in [2.45, 2.75) is 40.3 Å². The fourth-order valence-electron chi connectivity index (χ4n) is 1.95. The van der Waals surface area contributed by atoms with Gasteiger partial charge in [0.25, 0.3) is 5.56 Å². The lowest BCUT2D eigenvalue weighted by Crippen LogP contribution is -2.41. The van der Waals surface area contributed by atoms with E-state index in [4.69, 9.17) is 0 Å². The van der Waals surface area contributed by atoms with Gasteiger partial charge in [0.15, 0.2) is 0 Å². The summed E-state index contributed by atoms with van der Waals surface area (Å²) in [5.41, 5.74) is -0.406. The average Bonchev–Trinajstić information content (AvgIpc) is 2.37. The summed E-state index contributed by atoms with van der Waals surface area (Å²) in [7, 11) is 0. The van der Waals surface area contributed by atoms with E-state index in [0.717, 1.165) is 26.1 Å². The Kier molecular flexibility index (Phi) is 5.85. The third-order valence-electron chi connectivity index (χ3n) is 3.14. The van der Waals surface area contributed by atoms with Gasteiger partial charge < -0.3 is 9.47 Å². The van der Waals surface area contributed by atoms with Crippen molar-refractivity contribution in [3.63, 3.8) is 0 Å². The van der Waals surface area contributed by atoms with Gasteiger partial charge in [0, 0.05) is 31.9 Å². The molecule has 1 rings (SSSR count). The predicted molar refractivity (Wildman–Crippen MR) is 73.0 cm³/mol. The summed E-state index contributed by atoms with van der Waals surface area (Å²) < 4.78 is 2.93. The SMILES string of the molecule is CCCn1ccc(=O)n(CCN(CC)CC)c1=O. The molecule has 18 heavy (non-hydrogen) atoms. The quantitative estimate of drug-likeness (QED) is 0.721. The zero-order valence-corrected chi connectivity index (χ0v) is 11.6. The molecule has 0 fully saturated rings. The predicted octanol–water partition coefficient (Wildman–Crippen LogP) is 0.762. The second kappa shape index (κ2) is 7.16. The Hall–Kier alpha value is -1.36. The summed E-state index contributed by atoms with van der Waals surface area (Å²) in [6, 6.07) is 1.47. The monoisotopic (exact) mass is 253 g/mol. The van der Waals surface area contributed by atoms with Crippen molar-refractivity contribution < 1.29 is 0 Å². The molecule has 5 heteroatoms. The lowest BCUT2D eigenvalue weighted by atomic mass is 10.4. The second-order valence-electron chi connectivity index (χ2n) is 4.31. The summed E-state index contributed by atoms with van der Waals surface area (Å²) in [6.45, 7) is 9.88. The van der Waals surface area contributed by atoms with E-state index < -0.39 is 0 Å². The third kappa shape index (κ3) is 3.57. The Balaban J connectivity index is 2.91. The second-order valence-corrected chi connectivity index (χ2v) is 4.31. The van der Waals surface area contributed by atoms with Crippen LogP contribution in [-0.4, -0.2) is 33.7 Å². The fourth-order valence-corrected chi connectivity index (χ4v) is 1.95. The van der Waals surface area contributed by atoms with Crippen molar-refractivity contribution >= 4 is 0 Å². The standard InChI is InChI=1S/C13H23N3O2/c1-4-8-15-9-7-12(17)16(13(15)18)11-10-14(5-2)6-3/h7,9H,4-6,8,10-11H2,1-3H3. The molecule has 0 N–H and O–H groups in total. The molecule has 0 saturated heterocycles. The maximum atomic E-state index is 12.1. The molecule has 0 radical (unpaired) electrons. The molecule has 102 valence electrons. The Morgan fingerprint density at radius 1 is 1.11 bits per heavy atom. The lowest BCUT2D eigenvalue weighted by Gasteiger charge is -2.18. The van der Waals surface area contributed by atoms with E-state index in [9.17, 15) is 9.59 Å². The first-order valence-corrected chi connectivity index (χ1v) is 6.66. The molecule has 0 aromatic carbocycles. The van der Waals surface area contributed by atoms with Crippen LogP contribution in [0.1, 0.15) is 27.2 Å². The minimum absolute atomic E-state index is 0.198. The van der Waals surface area contributed by atoms with E-state index in [1.165, 1.54) is 10.6 Å². The zero-order chi connectivity index (χ0) is 13.5.